The highest BCUT2D eigenvalue weighted by Crippen LogP contribution is 2.29. The second kappa shape index (κ2) is 6.88. The molecule has 0 aromatic heterocycles. The van der Waals surface area contributed by atoms with Gasteiger partial charge in [-0.05, 0) is 25.7 Å². The number of carboxylic acids is 1. The van der Waals surface area contributed by atoms with Gasteiger partial charge in [-0.1, -0.05) is 25.0 Å². The fraction of sp³-hybridized carbons (Fsp3) is 0.733. The lowest BCUT2D eigenvalue weighted by Crippen LogP contribution is -2.48. The summed E-state index contributed by atoms with van der Waals surface area (Å²) in [5, 5.41) is 18.8. The van der Waals surface area contributed by atoms with Gasteiger partial charge in [-0.25, -0.2) is 0 Å². The Morgan fingerprint density at radius 2 is 1.80 bits per heavy atom. The zero-order valence-electron chi connectivity index (χ0n) is 11.7. The van der Waals surface area contributed by atoms with Crippen molar-refractivity contribution in [1.29, 1.82) is 0 Å². The fourth-order valence-corrected chi connectivity index (χ4v) is 3.23. The highest BCUT2D eigenvalue weighted by molar-refractivity contribution is 5.85. The third kappa shape index (κ3) is 3.20. The van der Waals surface area contributed by atoms with Gasteiger partial charge in [0.25, 0.3) is 0 Å². The Balaban J connectivity index is 2.14. The van der Waals surface area contributed by atoms with E-state index in [-0.39, 0.29) is 18.6 Å². The smallest absolute Gasteiger partial charge is 0.307 e. The van der Waals surface area contributed by atoms with Crippen LogP contribution in [0.5, 0.6) is 0 Å². The second-order valence-corrected chi connectivity index (χ2v) is 5.71. The van der Waals surface area contributed by atoms with Gasteiger partial charge in [0.2, 0.25) is 5.91 Å². The Hall–Kier alpha value is -1.36. The molecule has 5 nitrogen and oxygen atoms in total. The molecule has 0 spiro atoms. The Bertz CT molecular complexity index is 393. The number of likely N-dealkylation sites (tertiary alicyclic amines) is 1. The summed E-state index contributed by atoms with van der Waals surface area (Å²) in [6.07, 6.45) is 8.47. The van der Waals surface area contributed by atoms with Gasteiger partial charge >= 0.3 is 5.97 Å². The largest absolute Gasteiger partial charge is 0.481 e. The molecule has 1 aliphatic carbocycles. The van der Waals surface area contributed by atoms with Crippen LogP contribution in [0.1, 0.15) is 38.5 Å². The zero-order chi connectivity index (χ0) is 14.5. The lowest BCUT2D eigenvalue weighted by molar-refractivity contribution is -0.152. The van der Waals surface area contributed by atoms with Crippen LogP contribution in [-0.2, 0) is 9.59 Å². The number of aliphatic hydroxyl groups is 1. The van der Waals surface area contributed by atoms with E-state index in [4.69, 9.17) is 0 Å². The van der Waals surface area contributed by atoms with Gasteiger partial charge in [0.15, 0.2) is 0 Å². The van der Waals surface area contributed by atoms with Gasteiger partial charge in [0.1, 0.15) is 0 Å². The van der Waals surface area contributed by atoms with Crippen LogP contribution in [0.2, 0.25) is 0 Å². The van der Waals surface area contributed by atoms with Crippen LogP contribution < -0.4 is 0 Å². The minimum Gasteiger partial charge on any atom is -0.481 e. The summed E-state index contributed by atoms with van der Waals surface area (Å²) >= 11 is 0. The third-order valence-electron chi connectivity index (χ3n) is 4.44. The van der Waals surface area contributed by atoms with Gasteiger partial charge in [-0.3, -0.25) is 9.59 Å². The number of hydrogen-bond acceptors (Lipinski definition) is 3. The summed E-state index contributed by atoms with van der Waals surface area (Å²) in [6, 6.07) is -0.148. The Labute approximate surface area is 119 Å². The van der Waals surface area contributed by atoms with Crippen LogP contribution in [0.3, 0.4) is 0 Å². The first-order chi connectivity index (χ1) is 9.65. The Morgan fingerprint density at radius 3 is 2.45 bits per heavy atom. The van der Waals surface area contributed by atoms with Crippen molar-refractivity contribution in [3.63, 3.8) is 0 Å². The molecular weight excluding hydrogens is 258 g/mol. The molecule has 20 heavy (non-hydrogen) atoms. The first-order valence-electron chi connectivity index (χ1n) is 7.44. The summed E-state index contributed by atoms with van der Waals surface area (Å²) < 4.78 is 0. The van der Waals surface area contributed by atoms with E-state index in [1.165, 1.54) is 0 Å². The van der Waals surface area contributed by atoms with Crippen molar-refractivity contribution in [2.75, 3.05) is 13.2 Å². The number of hydrogen-bond donors (Lipinski definition) is 2. The maximum atomic E-state index is 12.7. The van der Waals surface area contributed by atoms with Crippen molar-refractivity contribution in [2.24, 2.45) is 11.8 Å². The average Bonchev–Trinajstić information content (AvgIpc) is 2.71. The highest BCUT2D eigenvalue weighted by Gasteiger charge is 2.38. The predicted octanol–water partition coefficient (Wildman–Crippen LogP) is 1.42. The number of rotatable bonds is 3. The summed E-state index contributed by atoms with van der Waals surface area (Å²) in [5.74, 6) is -2.11. The van der Waals surface area contributed by atoms with E-state index in [0.717, 1.165) is 25.7 Å². The minimum absolute atomic E-state index is 0.0357. The normalized spacial score (nSPS) is 30.9. The molecular formula is C15H23NO4. The molecule has 0 bridgehead atoms. The molecule has 2 aliphatic rings. The van der Waals surface area contributed by atoms with Crippen LogP contribution in [0, 0.1) is 11.8 Å². The molecule has 1 saturated heterocycles. The molecule has 3 atom stereocenters. The van der Waals surface area contributed by atoms with Gasteiger partial charge in [0, 0.05) is 6.54 Å². The van der Waals surface area contributed by atoms with Gasteiger partial charge in [-0.2, -0.15) is 0 Å². The predicted molar refractivity (Wildman–Crippen MR) is 74.0 cm³/mol. The van der Waals surface area contributed by atoms with E-state index in [1.807, 2.05) is 12.2 Å². The van der Waals surface area contributed by atoms with Crippen molar-refractivity contribution in [1.82, 2.24) is 4.90 Å². The molecule has 1 amide bonds. The number of nitrogens with zero attached hydrogens (tertiary/aromatic N) is 1. The van der Waals surface area contributed by atoms with Gasteiger partial charge in [-0.15, -0.1) is 0 Å². The van der Waals surface area contributed by atoms with Crippen LogP contribution >= 0.6 is 0 Å². The number of carboxylic acid groups (broad SMARTS) is 1. The van der Waals surface area contributed by atoms with E-state index < -0.39 is 17.8 Å². The van der Waals surface area contributed by atoms with E-state index in [1.54, 1.807) is 4.90 Å². The summed E-state index contributed by atoms with van der Waals surface area (Å²) in [5.41, 5.74) is 0. The van der Waals surface area contributed by atoms with Gasteiger partial charge < -0.3 is 15.1 Å². The highest BCUT2D eigenvalue weighted by atomic mass is 16.4. The minimum atomic E-state index is -0.900. The molecule has 0 aromatic carbocycles. The average molecular weight is 281 g/mol. The van der Waals surface area contributed by atoms with Crippen molar-refractivity contribution in [3.05, 3.63) is 12.2 Å². The maximum Gasteiger partial charge on any atom is 0.307 e. The van der Waals surface area contributed by atoms with E-state index in [2.05, 4.69) is 0 Å². The zero-order valence-corrected chi connectivity index (χ0v) is 11.7. The number of aliphatic carboxylic acids is 1. The number of allylic oxidation sites excluding steroid dienone is 2. The van der Waals surface area contributed by atoms with Gasteiger partial charge in [0.05, 0.1) is 24.5 Å². The second-order valence-electron chi connectivity index (χ2n) is 5.71. The molecule has 5 heteroatoms. The van der Waals surface area contributed by atoms with E-state index in [0.29, 0.717) is 19.4 Å². The molecule has 2 N–H and O–H groups in total. The fourth-order valence-electron chi connectivity index (χ4n) is 3.23. The Morgan fingerprint density at radius 1 is 1.10 bits per heavy atom. The number of carbonyl (C=O) groups is 2. The number of carbonyl (C=O) groups excluding carboxylic acids is 1. The van der Waals surface area contributed by atoms with Crippen LogP contribution in [0.4, 0.5) is 0 Å². The van der Waals surface area contributed by atoms with Crippen LogP contribution in [0.15, 0.2) is 12.2 Å². The Kier molecular flexibility index (Phi) is 5.17. The van der Waals surface area contributed by atoms with Crippen LogP contribution in [0.25, 0.3) is 0 Å². The van der Waals surface area contributed by atoms with Crippen molar-refractivity contribution >= 4 is 11.9 Å². The molecule has 0 aromatic rings. The first-order valence-corrected chi connectivity index (χ1v) is 7.44. The molecule has 1 aliphatic heterocycles. The van der Waals surface area contributed by atoms with Crippen molar-refractivity contribution in [2.45, 2.75) is 44.6 Å². The lowest BCUT2D eigenvalue weighted by Gasteiger charge is -2.34. The lowest BCUT2D eigenvalue weighted by atomic mass is 9.82. The van der Waals surface area contributed by atoms with E-state index >= 15 is 0 Å². The molecule has 1 heterocycles. The quantitative estimate of drug-likeness (QED) is 0.767. The van der Waals surface area contributed by atoms with E-state index in [9.17, 15) is 19.8 Å². The molecule has 0 saturated carbocycles. The molecule has 2 rings (SSSR count). The van der Waals surface area contributed by atoms with Crippen molar-refractivity contribution in [3.8, 4) is 0 Å². The number of aliphatic hydroxyl groups excluding tert-OH is 1. The molecule has 112 valence electrons. The summed E-state index contributed by atoms with van der Waals surface area (Å²) in [6.45, 7) is 0.600. The standard InChI is InChI=1S/C15H23NO4/c17-10-11-6-2-1-5-9-16(11)14(18)12-7-3-4-8-13(12)15(19)20/h3-4,11-13,17H,1-2,5-10H2,(H,19,20)/t11?,12-,13+/m1/s1. The third-order valence-corrected chi connectivity index (χ3v) is 4.44. The molecule has 1 unspecified atom stereocenters. The van der Waals surface area contributed by atoms with Crippen molar-refractivity contribution < 1.29 is 19.8 Å². The SMILES string of the molecule is O=C(O)[C@H]1CC=CC[C@H]1C(=O)N1CCCCCC1CO. The molecule has 1 fully saturated rings. The first kappa shape index (κ1) is 15.0. The maximum absolute atomic E-state index is 12.7. The number of amides is 1. The topological polar surface area (TPSA) is 77.8 Å². The summed E-state index contributed by atoms with van der Waals surface area (Å²) in [7, 11) is 0. The molecule has 0 radical (unpaired) electrons. The monoisotopic (exact) mass is 281 g/mol. The van der Waals surface area contributed by atoms with Crippen LogP contribution in [-0.4, -0.2) is 46.2 Å². The summed E-state index contributed by atoms with van der Waals surface area (Å²) in [4.78, 5) is 25.8.